The van der Waals surface area contributed by atoms with E-state index in [9.17, 15) is 8.42 Å². The topological polar surface area (TPSA) is 79.0 Å². The number of benzene rings is 1. The van der Waals surface area contributed by atoms with E-state index in [0.29, 0.717) is 42.0 Å². The Kier molecular flexibility index (Phi) is 6.19. The minimum absolute atomic E-state index is 0.292. The van der Waals surface area contributed by atoms with Crippen LogP contribution < -0.4 is 5.73 Å². The Morgan fingerprint density at radius 3 is 2.62 bits per heavy atom. The lowest BCUT2D eigenvalue weighted by molar-refractivity contribution is 0.270. The van der Waals surface area contributed by atoms with Crippen molar-refractivity contribution >= 4 is 16.0 Å². The van der Waals surface area contributed by atoms with Gasteiger partial charge in [0, 0.05) is 26.2 Å². The molecule has 2 aliphatic rings. The second kappa shape index (κ2) is 8.39. The molecule has 0 spiro atoms. The first-order chi connectivity index (χ1) is 12.5. The van der Waals surface area contributed by atoms with Gasteiger partial charge < -0.3 is 10.6 Å². The Balaban J connectivity index is 1.77. The molecule has 7 heteroatoms. The lowest BCUT2D eigenvalue weighted by Gasteiger charge is -2.31. The summed E-state index contributed by atoms with van der Waals surface area (Å²) in [6, 6.07) is 7.17. The summed E-state index contributed by atoms with van der Waals surface area (Å²) in [5.74, 6) is 1.13. The molecule has 1 aromatic rings. The number of aliphatic imine (C=N–C) groups is 1. The fourth-order valence-corrected chi connectivity index (χ4v) is 5.53. The van der Waals surface area contributed by atoms with Crippen molar-refractivity contribution in [3.05, 3.63) is 29.8 Å². The second-order valence-electron chi connectivity index (χ2n) is 7.44. The van der Waals surface area contributed by atoms with Gasteiger partial charge >= 0.3 is 0 Å². The van der Waals surface area contributed by atoms with Crippen LogP contribution in [0.1, 0.15) is 44.6 Å². The number of piperidine rings is 2. The monoisotopic (exact) mass is 378 g/mol. The molecule has 144 valence electrons. The summed E-state index contributed by atoms with van der Waals surface area (Å²) in [6.45, 7) is 5.57. The third-order valence-corrected chi connectivity index (χ3v) is 7.30. The summed E-state index contributed by atoms with van der Waals surface area (Å²) in [5, 5.41) is 0. The summed E-state index contributed by atoms with van der Waals surface area (Å²) < 4.78 is 27.7. The van der Waals surface area contributed by atoms with Crippen molar-refractivity contribution in [2.45, 2.75) is 50.5 Å². The number of nitrogens with zero attached hydrogens (tertiary/aromatic N) is 3. The zero-order valence-electron chi connectivity index (χ0n) is 15.6. The van der Waals surface area contributed by atoms with Gasteiger partial charge in [0.05, 0.1) is 11.4 Å². The van der Waals surface area contributed by atoms with Gasteiger partial charge in [0.25, 0.3) is 0 Å². The highest BCUT2D eigenvalue weighted by molar-refractivity contribution is 7.89. The summed E-state index contributed by atoms with van der Waals surface area (Å²) >= 11 is 0. The maximum absolute atomic E-state index is 13.0. The molecule has 26 heavy (non-hydrogen) atoms. The number of sulfonamides is 1. The van der Waals surface area contributed by atoms with E-state index in [2.05, 4.69) is 16.8 Å². The number of likely N-dealkylation sites (tertiary alicyclic amines) is 1. The van der Waals surface area contributed by atoms with Crippen LogP contribution in [0.15, 0.2) is 34.2 Å². The van der Waals surface area contributed by atoms with Crippen LogP contribution in [-0.4, -0.2) is 49.8 Å². The number of hydrogen-bond donors (Lipinski definition) is 1. The van der Waals surface area contributed by atoms with Gasteiger partial charge in [-0.2, -0.15) is 4.31 Å². The Hall–Kier alpha value is -1.60. The van der Waals surface area contributed by atoms with Gasteiger partial charge in [0.2, 0.25) is 10.0 Å². The van der Waals surface area contributed by atoms with E-state index in [1.165, 1.54) is 6.42 Å². The Labute approximate surface area is 157 Å². The maximum atomic E-state index is 13.0. The molecular weight excluding hydrogens is 348 g/mol. The third-order valence-electron chi connectivity index (χ3n) is 5.30. The van der Waals surface area contributed by atoms with Crippen molar-refractivity contribution in [2.75, 3.05) is 26.2 Å². The molecule has 0 radical (unpaired) electrons. The van der Waals surface area contributed by atoms with Crippen LogP contribution >= 0.6 is 0 Å². The lowest BCUT2D eigenvalue weighted by atomic mass is 10.0. The molecule has 0 aliphatic carbocycles. The van der Waals surface area contributed by atoms with Gasteiger partial charge in [0.15, 0.2) is 5.96 Å². The summed E-state index contributed by atoms with van der Waals surface area (Å²) in [7, 11) is -3.46. The molecule has 2 saturated heterocycles. The molecule has 1 atom stereocenters. The third kappa shape index (κ3) is 4.38. The lowest BCUT2D eigenvalue weighted by Crippen LogP contribution is -2.43. The Morgan fingerprint density at radius 2 is 1.88 bits per heavy atom. The van der Waals surface area contributed by atoms with Crippen LogP contribution in [0.4, 0.5) is 0 Å². The molecule has 1 unspecified atom stereocenters. The number of guanidine groups is 1. The number of hydrogen-bond acceptors (Lipinski definition) is 3. The quantitative estimate of drug-likeness (QED) is 0.645. The normalized spacial score (nSPS) is 23.2. The van der Waals surface area contributed by atoms with Crippen LogP contribution in [0, 0.1) is 5.92 Å². The van der Waals surface area contributed by atoms with Crippen LogP contribution in [0.25, 0.3) is 0 Å². The minimum atomic E-state index is -3.46. The first-order valence-electron chi connectivity index (χ1n) is 9.61. The average molecular weight is 379 g/mol. The van der Waals surface area contributed by atoms with Crippen molar-refractivity contribution in [1.82, 2.24) is 9.21 Å². The molecule has 1 aromatic carbocycles. The molecule has 0 bridgehead atoms. The van der Waals surface area contributed by atoms with Crippen LogP contribution in [0.2, 0.25) is 0 Å². The molecule has 3 rings (SSSR count). The Bertz CT molecular complexity index is 742. The van der Waals surface area contributed by atoms with Gasteiger partial charge in [-0.05, 0) is 43.2 Å². The van der Waals surface area contributed by atoms with Gasteiger partial charge in [-0.25, -0.2) is 13.4 Å². The highest BCUT2D eigenvalue weighted by atomic mass is 32.2. The molecule has 0 aromatic heterocycles. The highest BCUT2D eigenvalue weighted by Crippen LogP contribution is 2.24. The fourth-order valence-electron chi connectivity index (χ4n) is 3.79. The highest BCUT2D eigenvalue weighted by Gasteiger charge is 2.27. The van der Waals surface area contributed by atoms with E-state index in [-0.39, 0.29) is 0 Å². The van der Waals surface area contributed by atoms with E-state index in [1.807, 2.05) is 12.1 Å². The molecule has 2 aliphatic heterocycles. The summed E-state index contributed by atoms with van der Waals surface area (Å²) in [5.41, 5.74) is 6.89. The predicted octanol–water partition coefficient (Wildman–Crippen LogP) is 2.41. The predicted molar refractivity (Wildman–Crippen MR) is 104 cm³/mol. The van der Waals surface area contributed by atoms with Gasteiger partial charge in [-0.3, -0.25) is 0 Å². The van der Waals surface area contributed by atoms with Crippen molar-refractivity contribution in [1.29, 1.82) is 0 Å². The van der Waals surface area contributed by atoms with Crippen molar-refractivity contribution in [3.63, 3.8) is 0 Å². The van der Waals surface area contributed by atoms with Crippen LogP contribution in [0.5, 0.6) is 0 Å². The minimum Gasteiger partial charge on any atom is -0.370 e. The van der Waals surface area contributed by atoms with E-state index in [4.69, 9.17) is 5.73 Å². The fraction of sp³-hybridized carbons (Fsp3) is 0.632. The van der Waals surface area contributed by atoms with Crippen LogP contribution in [0.3, 0.4) is 0 Å². The molecule has 0 amide bonds. The summed E-state index contributed by atoms with van der Waals surface area (Å²) in [6.07, 6.45) is 5.31. The zero-order valence-corrected chi connectivity index (χ0v) is 16.4. The standard InChI is InChI=1S/C19H30N4O2S/c1-16-8-7-11-22(15-16)19(20)21-14-17-9-3-4-10-18(17)26(24,25)23-12-5-2-6-13-23/h3-4,9-10,16H,2,5-8,11-15H2,1H3,(H2,20,21). The van der Waals surface area contributed by atoms with E-state index < -0.39 is 10.0 Å². The van der Waals surface area contributed by atoms with Gasteiger partial charge in [0.1, 0.15) is 0 Å². The molecule has 2 N–H and O–H groups in total. The number of nitrogens with two attached hydrogens (primary N) is 1. The van der Waals surface area contributed by atoms with Crippen molar-refractivity contribution < 1.29 is 8.42 Å². The van der Waals surface area contributed by atoms with Gasteiger partial charge in [-0.1, -0.05) is 31.5 Å². The second-order valence-corrected chi connectivity index (χ2v) is 9.35. The van der Waals surface area contributed by atoms with E-state index in [0.717, 1.165) is 38.8 Å². The zero-order chi connectivity index (χ0) is 18.6. The van der Waals surface area contributed by atoms with Crippen molar-refractivity contribution in [3.8, 4) is 0 Å². The maximum Gasteiger partial charge on any atom is 0.243 e. The largest absolute Gasteiger partial charge is 0.370 e. The Morgan fingerprint density at radius 1 is 1.15 bits per heavy atom. The molecule has 2 fully saturated rings. The summed E-state index contributed by atoms with van der Waals surface area (Å²) in [4.78, 5) is 6.98. The smallest absolute Gasteiger partial charge is 0.243 e. The van der Waals surface area contributed by atoms with Crippen molar-refractivity contribution in [2.24, 2.45) is 16.6 Å². The van der Waals surface area contributed by atoms with Crippen LogP contribution in [-0.2, 0) is 16.6 Å². The first-order valence-corrected chi connectivity index (χ1v) is 11.1. The molecule has 2 heterocycles. The first kappa shape index (κ1) is 19.2. The average Bonchev–Trinajstić information content (AvgIpc) is 2.67. The van der Waals surface area contributed by atoms with Gasteiger partial charge in [-0.15, -0.1) is 0 Å². The molecular formula is C19H30N4O2S. The number of rotatable bonds is 4. The molecule has 0 saturated carbocycles. The SMILES string of the molecule is CC1CCCN(C(N)=NCc2ccccc2S(=O)(=O)N2CCCCC2)C1. The van der Waals surface area contributed by atoms with E-state index >= 15 is 0 Å². The van der Waals surface area contributed by atoms with E-state index in [1.54, 1.807) is 16.4 Å². The molecule has 6 nitrogen and oxygen atoms in total.